The van der Waals surface area contributed by atoms with Crippen molar-refractivity contribution in [1.82, 2.24) is 0 Å². The molecule has 0 aliphatic rings. The van der Waals surface area contributed by atoms with Crippen molar-refractivity contribution in [2.75, 3.05) is 13.2 Å². The minimum atomic E-state index is -1.15. The average Bonchev–Trinajstić information content (AvgIpc) is 2.53. The number of esters is 1. The van der Waals surface area contributed by atoms with Crippen LogP contribution in [0.25, 0.3) is 0 Å². The van der Waals surface area contributed by atoms with Crippen molar-refractivity contribution in [1.29, 1.82) is 0 Å². The zero-order valence-electron chi connectivity index (χ0n) is 13.8. The molecule has 0 aliphatic heterocycles. The van der Waals surface area contributed by atoms with Gasteiger partial charge in [-0.25, -0.2) is 0 Å². The topological polar surface area (TPSA) is 76.0 Å². The lowest BCUT2D eigenvalue weighted by Crippen LogP contribution is -2.29. The smallest absolute Gasteiger partial charge is 0.322 e. The molecule has 0 radical (unpaired) electrons. The Balaban J connectivity index is 3.18. The molecule has 5 nitrogen and oxygen atoms in total. The van der Waals surface area contributed by atoms with Crippen LogP contribution in [0.4, 0.5) is 0 Å². The minimum absolute atomic E-state index is 0.0850. The Morgan fingerprint density at radius 2 is 2.00 bits per heavy atom. The monoisotopic (exact) mass is 461 g/mol. The maximum Gasteiger partial charge on any atom is 0.322 e. The second-order valence-electron chi connectivity index (χ2n) is 5.51. The van der Waals surface area contributed by atoms with Crippen molar-refractivity contribution < 1.29 is 19.4 Å². The molecule has 2 unspecified atom stereocenters. The molecule has 7 heteroatoms. The van der Waals surface area contributed by atoms with Gasteiger partial charge in [-0.15, -0.1) is 0 Å². The summed E-state index contributed by atoms with van der Waals surface area (Å²) in [4.78, 5) is 29.2. The highest BCUT2D eigenvalue weighted by Gasteiger charge is 2.29. The molecule has 0 aliphatic carbocycles. The number of nitrogens with zero attached hydrogens (tertiary/aromatic N) is 1. The van der Waals surface area contributed by atoms with Gasteiger partial charge in [0.15, 0.2) is 11.7 Å². The summed E-state index contributed by atoms with van der Waals surface area (Å²) in [5.74, 6) is -2.13. The van der Waals surface area contributed by atoms with E-state index in [4.69, 9.17) is 4.74 Å². The molecule has 1 rings (SSSR count). The van der Waals surface area contributed by atoms with Crippen LogP contribution in [0.2, 0.25) is 0 Å². The fourth-order valence-electron chi connectivity index (χ4n) is 1.95. The third kappa shape index (κ3) is 5.79. The van der Waals surface area contributed by atoms with Crippen molar-refractivity contribution in [2.45, 2.75) is 26.8 Å². The van der Waals surface area contributed by atoms with Crippen LogP contribution in [0, 0.1) is 11.8 Å². The van der Waals surface area contributed by atoms with E-state index in [1.54, 1.807) is 25.1 Å². The first-order valence-electron chi connectivity index (χ1n) is 7.61. The maximum atomic E-state index is 12.8. The number of carbonyl (C=O) groups is 2. The van der Waals surface area contributed by atoms with E-state index in [9.17, 15) is 14.7 Å². The Morgan fingerprint density at radius 3 is 2.54 bits per heavy atom. The van der Waals surface area contributed by atoms with Gasteiger partial charge in [0.1, 0.15) is 0 Å². The molecule has 1 aromatic carbocycles. The number of aliphatic hydroxyl groups is 1. The Labute approximate surface area is 158 Å². The standard InChI is InChI=1S/C17H21Br2NO4/c1-4-24-17(23)13(8-20-15(9-21)10(2)3)16(22)12-7-11(18)5-6-14(12)19/h5-8,10,13,15,21H,4,9H2,1-3H3. The number of carbonyl (C=O) groups excluding carboxylic acids is 2. The fourth-order valence-corrected chi connectivity index (χ4v) is 2.75. The molecule has 2 atom stereocenters. The van der Waals surface area contributed by atoms with Crippen molar-refractivity contribution in [3.05, 3.63) is 32.7 Å². The number of aliphatic imine (C=N–C) groups is 1. The van der Waals surface area contributed by atoms with E-state index in [0.717, 1.165) is 4.47 Å². The van der Waals surface area contributed by atoms with Crippen LogP contribution in [0.1, 0.15) is 31.1 Å². The van der Waals surface area contributed by atoms with Crippen LogP contribution in [-0.4, -0.2) is 42.3 Å². The molecule has 24 heavy (non-hydrogen) atoms. The van der Waals surface area contributed by atoms with Gasteiger partial charge in [-0.2, -0.15) is 0 Å². The van der Waals surface area contributed by atoms with Crippen LogP contribution < -0.4 is 0 Å². The third-order valence-electron chi connectivity index (χ3n) is 3.40. The van der Waals surface area contributed by atoms with E-state index in [2.05, 4.69) is 36.9 Å². The van der Waals surface area contributed by atoms with Crippen molar-refractivity contribution in [3.8, 4) is 0 Å². The average molecular weight is 463 g/mol. The summed E-state index contributed by atoms with van der Waals surface area (Å²) in [6, 6.07) is 4.77. The quantitative estimate of drug-likeness (QED) is 0.277. The Morgan fingerprint density at radius 1 is 1.33 bits per heavy atom. The maximum absolute atomic E-state index is 12.8. The SMILES string of the molecule is CCOC(=O)C(C=NC(CO)C(C)C)C(=O)c1cc(Br)ccc1Br. The largest absolute Gasteiger partial charge is 0.465 e. The number of halogens is 2. The Bertz CT molecular complexity index is 617. The van der Waals surface area contributed by atoms with Crippen LogP contribution in [-0.2, 0) is 9.53 Å². The molecular weight excluding hydrogens is 442 g/mol. The zero-order valence-corrected chi connectivity index (χ0v) is 17.0. The zero-order chi connectivity index (χ0) is 18.3. The lowest BCUT2D eigenvalue weighted by atomic mass is 9.98. The minimum Gasteiger partial charge on any atom is -0.465 e. The van der Waals surface area contributed by atoms with Crippen LogP contribution in [0.5, 0.6) is 0 Å². The van der Waals surface area contributed by atoms with Crippen molar-refractivity contribution in [3.63, 3.8) is 0 Å². The van der Waals surface area contributed by atoms with Crippen LogP contribution in [0.3, 0.4) is 0 Å². The highest BCUT2D eigenvalue weighted by Crippen LogP contribution is 2.24. The van der Waals surface area contributed by atoms with Crippen molar-refractivity contribution >= 4 is 49.8 Å². The number of Topliss-reactive ketones (excluding diaryl/α,β-unsaturated/α-hetero) is 1. The molecule has 1 aromatic rings. The van der Waals surface area contributed by atoms with Crippen molar-refractivity contribution in [2.24, 2.45) is 16.8 Å². The Kier molecular flexibility index (Phi) is 8.80. The lowest BCUT2D eigenvalue weighted by Gasteiger charge is -2.16. The van der Waals surface area contributed by atoms with Gasteiger partial charge >= 0.3 is 5.97 Å². The second-order valence-corrected chi connectivity index (χ2v) is 7.28. The molecule has 132 valence electrons. The number of benzene rings is 1. The first-order valence-corrected chi connectivity index (χ1v) is 9.20. The van der Waals surface area contributed by atoms with Gasteiger partial charge in [-0.05, 0) is 31.0 Å². The number of hydrogen-bond acceptors (Lipinski definition) is 5. The molecule has 0 heterocycles. The van der Waals surface area contributed by atoms with E-state index in [1.165, 1.54) is 6.21 Å². The summed E-state index contributed by atoms with van der Waals surface area (Å²) in [6.45, 7) is 5.51. The molecule has 0 saturated heterocycles. The van der Waals surface area contributed by atoms with Gasteiger partial charge < -0.3 is 9.84 Å². The van der Waals surface area contributed by atoms with E-state index >= 15 is 0 Å². The molecule has 0 aromatic heterocycles. The summed E-state index contributed by atoms with van der Waals surface area (Å²) >= 11 is 6.64. The van der Waals surface area contributed by atoms with Crippen LogP contribution >= 0.6 is 31.9 Å². The van der Waals surface area contributed by atoms with E-state index in [1.807, 2.05) is 13.8 Å². The number of rotatable bonds is 8. The molecule has 0 spiro atoms. The first-order chi connectivity index (χ1) is 11.3. The number of ketones is 1. The number of aliphatic hydroxyl groups excluding tert-OH is 1. The number of ether oxygens (including phenoxy) is 1. The second kappa shape index (κ2) is 10.1. The lowest BCUT2D eigenvalue weighted by molar-refractivity contribution is -0.143. The third-order valence-corrected chi connectivity index (χ3v) is 4.58. The summed E-state index contributed by atoms with van der Waals surface area (Å²) in [7, 11) is 0. The predicted molar refractivity (Wildman–Crippen MR) is 100 cm³/mol. The number of hydrogen-bond donors (Lipinski definition) is 1. The summed E-state index contributed by atoms with van der Waals surface area (Å²) < 4.78 is 6.31. The highest BCUT2D eigenvalue weighted by molar-refractivity contribution is 9.11. The summed E-state index contributed by atoms with van der Waals surface area (Å²) in [6.07, 6.45) is 1.29. The van der Waals surface area contributed by atoms with E-state index < -0.39 is 17.7 Å². The van der Waals surface area contributed by atoms with E-state index in [0.29, 0.717) is 10.0 Å². The fraction of sp³-hybridized carbons (Fsp3) is 0.471. The van der Waals surface area contributed by atoms with Gasteiger partial charge in [0.2, 0.25) is 0 Å². The summed E-state index contributed by atoms with van der Waals surface area (Å²) in [5.41, 5.74) is 0.360. The first kappa shape index (κ1) is 21.0. The van der Waals surface area contributed by atoms with Crippen LogP contribution in [0.15, 0.2) is 32.1 Å². The van der Waals surface area contributed by atoms with Gasteiger partial charge in [-0.1, -0.05) is 45.7 Å². The van der Waals surface area contributed by atoms with E-state index in [-0.39, 0.29) is 25.2 Å². The highest BCUT2D eigenvalue weighted by atomic mass is 79.9. The summed E-state index contributed by atoms with van der Waals surface area (Å²) in [5, 5.41) is 9.36. The van der Waals surface area contributed by atoms with Gasteiger partial charge in [0.25, 0.3) is 0 Å². The molecule has 0 fully saturated rings. The Hall–Kier alpha value is -1.05. The molecular formula is C17H21Br2NO4. The molecule has 1 N–H and O–H groups in total. The molecule has 0 amide bonds. The predicted octanol–water partition coefficient (Wildman–Crippen LogP) is 3.66. The van der Waals surface area contributed by atoms with Gasteiger partial charge in [0, 0.05) is 20.7 Å². The molecule has 0 saturated carbocycles. The molecule has 0 bridgehead atoms. The van der Waals surface area contributed by atoms with Gasteiger partial charge in [-0.3, -0.25) is 14.6 Å². The normalized spacial score (nSPS) is 14.0. The van der Waals surface area contributed by atoms with Gasteiger partial charge in [0.05, 0.1) is 19.3 Å².